The molecule has 0 amide bonds. The van der Waals surface area contributed by atoms with Crippen LogP contribution in [0.5, 0.6) is 0 Å². The first-order valence-corrected chi connectivity index (χ1v) is 6.60. The second kappa shape index (κ2) is 5.97. The first-order chi connectivity index (χ1) is 8.29. The number of ketones is 1. The molecule has 17 heavy (non-hydrogen) atoms. The second-order valence-electron chi connectivity index (χ2n) is 4.91. The molecule has 1 aromatic carbocycles. The van der Waals surface area contributed by atoms with Crippen LogP contribution in [-0.2, 0) is 0 Å². The molecule has 0 spiro atoms. The lowest BCUT2D eigenvalue weighted by Crippen LogP contribution is -2.36. The highest BCUT2D eigenvalue weighted by Gasteiger charge is 2.21. The molecule has 0 saturated heterocycles. The van der Waals surface area contributed by atoms with E-state index in [1.165, 1.54) is 19.3 Å². The molecule has 92 valence electrons. The van der Waals surface area contributed by atoms with Gasteiger partial charge in [-0.15, -0.1) is 0 Å². The Labute approximate surface area is 104 Å². The summed E-state index contributed by atoms with van der Waals surface area (Å²) in [5.74, 6) is 1.07. The molecule has 1 saturated carbocycles. The topological polar surface area (TPSA) is 20.3 Å². The molecule has 0 radical (unpaired) electrons. The highest BCUT2D eigenvalue weighted by molar-refractivity contribution is 5.97. The van der Waals surface area contributed by atoms with Gasteiger partial charge in [-0.3, -0.25) is 9.69 Å². The van der Waals surface area contributed by atoms with Crippen molar-refractivity contribution in [2.75, 3.05) is 19.6 Å². The van der Waals surface area contributed by atoms with E-state index in [2.05, 4.69) is 11.8 Å². The van der Waals surface area contributed by atoms with Gasteiger partial charge in [0.15, 0.2) is 5.78 Å². The van der Waals surface area contributed by atoms with Crippen LogP contribution in [0.2, 0.25) is 0 Å². The van der Waals surface area contributed by atoms with Crippen LogP contribution in [-0.4, -0.2) is 30.3 Å². The maximum atomic E-state index is 12.1. The van der Waals surface area contributed by atoms with E-state index < -0.39 is 0 Å². The SMILES string of the molecule is CCN(CC(=O)c1ccccc1)CC1CCC1. The van der Waals surface area contributed by atoms with Gasteiger partial charge in [0.05, 0.1) is 6.54 Å². The number of Topliss-reactive ketones (excluding diaryl/α,β-unsaturated/α-hetero) is 1. The van der Waals surface area contributed by atoms with Crippen molar-refractivity contribution >= 4 is 5.78 Å². The summed E-state index contributed by atoms with van der Waals surface area (Å²) >= 11 is 0. The standard InChI is InChI=1S/C15H21NO/c1-2-16(11-13-7-6-8-13)12-15(17)14-9-4-3-5-10-14/h3-5,9-10,13H,2,6-8,11-12H2,1H3. The van der Waals surface area contributed by atoms with E-state index in [0.29, 0.717) is 6.54 Å². The van der Waals surface area contributed by atoms with Gasteiger partial charge < -0.3 is 0 Å². The number of hydrogen-bond acceptors (Lipinski definition) is 2. The van der Waals surface area contributed by atoms with Crippen LogP contribution in [0.3, 0.4) is 0 Å². The van der Waals surface area contributed by atoms with Crippen molar-refractivity contribution < 1.29 is 4.79 Å². The Morgan fingerprint density at radius 3 is 2.53 bits per heavy atom. The molecule has 1 aliphatic rings. The summed E-state index contributed by atoms with van der Waals surface area (Å²) in [5, 5.41) is 0. The Hall–Kier alpha value is -1.15. The molecule has 0 aromatic heterocycles. The van der Waals surface area contributed by atoms with Crippen LogP contribution >= 0.6 is 0 Å². The van der Waals surface area contributed by atoms with Gasteiger partial charge in [-0.05, 0) is 25.3 Å². The summed E-state index contributed by atoms with van der Waals surface area (Å²) in [5.41, 5.74) is 0.833. The van der Waals surface area contributed by atoms with Gasteiger partial charge in [-0.1, -0.05) is 43.7 Å². The Bertz CT molecular complexity index is 356. The molecule has 0 bridgehead atoms. The van der Waals surface area contributed by atoms with Crippen molar-refractivity contribution in [1.29, 1.82) is 0 Å². The van der Waals surface area contributed by atoms with Crippen LogP contribution in [0.4, 0.5) is 0 Å². The summed E-state index contributed by atoms with van der Waals surface area (Å²) < 4.78 is 0. The van der Waals surface area contributed by atoms with Crippen LogP contribution in [0, 0.1) is 5.92 Å². The summed E-state index contributed by atoms with van der Waals surface area (Å²) in [6.07, 6.45) is 4.06. The van der Waals surface area contributed by atoms with Gasteiger partial charge in [-0.25, -0.2) is 0 Å². The molecule has 1 fully saturated rings. The van der Waals surface area contributed by atoms with Crippen molar-refractivity contribution in [3.63, 3.8) is 0 Å². The Morgan fingerprint density at radius 2 is 2.00 bits per heavy atom. The third-order valence-electron chi connectivity index (χ3n) is 3.65. The molecule has 0 atom stereocenters. The normalized spacial score (nSPS) is 15.9. The van der Waals surface area contributed by atoms with E-state index >= 15 is 0 Å². The van der Waals surface area contributed by atoms with Crippen LogP contribution in [0.1, 0.15) is 36.5 Å². The minimum atomic E-state index is 0.242. The summed E-state index contributed by atoms with van der Waals surface area (Å²) in [7, 11) is 0. The molecule has 2 heteroatoms. The first-order valence-electron chi connectivity index (χ1n) is 6.60. The fourth-order valence-corrected chi connectivity index (χ4v) is 2.26. The predicted octanol–water partition coefficient (Wildman–Crippen LogP) is 2.99. The molecule has 0 unspecified atom stereocenters. The number of benzene rings is 1. The number of carbonyl (C=O) groups excluding carboxylic acids is 1. The minimum absolute atomic E-state index is 0.242. The molecule has 0 N–H and O–H groups in total. The Kier molecular flexibility index (Phi) is 4.32. The smallest absolute Gasteiger partial charge is 0.176 e. The van der Waals surface area contributed by atoms with Gasteiger partial charge in [-0.2, -0.15) is 0 Å². The van der Waals surface area contributed by atoms with Crippen molar-refractivity contribution in [2.24, 2.45) is 5.92 Å². The molecule has 0 aliphatic heterocycles. The number of rotatable bonds is 6. The molecule has 2 nitrogen and oxygen atoms in total. The Balaban J connectivity index is 1.87. The van der Waals surface area contributed by atoms with Crippen molar-refractivity contribution in [3.8, 4) is 0 Å². The maximum absolute atomic E-state index is 12.1. The number of hydrogen-bond donors (Lipinski definition) is 0. The summed E-state index contributed by atoms with van der Waals surface area (Å²) in [6.45, 7) is 4.76. The van der Waals surface area contributed by atoms with Gasteiger partial charge in [0.25, 0.3) is 0 Å². The van der Waals surface area contributed by atoms with Crippen molar-refractivity contribution in [1.82, 2.24) is 4.90 Å². The maximum Gasteiger partial charge on any atom is 0.176 e. The molecular formula is C15H21NO. The summed E-state index contributed by atoms with van der Waals surface area (Å²) in [6, 6.07) is 9.60. The van der Waals surface area contributed by atoms with E-state index in [-0.39, 0.29) is 5.78 Å². The van der Waals surface area contributed by atoms with E-state index in [4.69, 9.17) is 0 Å². The lowest BCUT2D eigenvalue weighted by molar-refractivity contribution is 0.0905. The fraction of sp³-hybridized carbons (Fsp3) is 0.533. The van der Waals surface area contributed by atoms with Crippen LogP contribution in [0.15, 0.2) is 30.3 Å². The molecule has 2 rings (SSSR count). The van der Waals surface area contributed by atoms with Gasteiger partial charge in [0.2, 0.25) is 0 Å². The van der Waals surface area contributed by atoms with Crippen molar-refractivity contribution in [2.45, 2.75) is 26.2 Å². The largest absolute Gasteiger partial charge is 0.296 e. The summed E-state index contributed by atoms with van der Waals surface area (Å²) in [4.78, 5) is 14.3. The molecular weight excluding hydrogens is 210 g/mol. The fourth-order valence-electron chi connectivity index (χ4n) is 2.26. The van der Waals surface area contributed by atoms with E-state index in [9.17, 15) is 4.79 Å². The zero-order valence-electron chi connectivity index (χ0n) is 10.6. The minimum Gasteiger partial charge on any atom is -0.296 e. The number of carbonyl (C=O) groups is 1. The van der Waals surface area contributed by atoms with Crippen LogP contribution in [0.25, 0.3) is 0 Å². The third kappa shape index (κ3) is 3.40. The average Bonchev–Trinajstić information content (AvgIpc) is 2.33. The van der Waals surface area contributed by atoms with Gasteiger partial charge in [0.1, 0.15) is 0 Å². The zero-order chi connectivity index (χ0) is 12.1. The Morgan fingerprint density at radius 1 is 1.29 bits per heavy atom. The van der Waals surface area contributed by atoms with E-state index in [1.54, 1.807) is 0 Å². The van der Waals surface area contributed by atoms with E-state index in [0.717, 1.165) is 24.6 Å². The lowest BCUT2D eigenvalue weighted by atomic mass is 9.85. The predicted molar refractivity (Wildman–Crippen MR) is 70.2 cm³/mol. The molecule has 1 aromatic rings. The first kappa shape index (κ1) is 12.3. The third-order valence-corrected chi connectivity index (χ3v) is 3.65. The van der Waals surface area contributed by atoms with Gasteiger partial charge in [0, 0.05) is 12.1 Å². The lowest BCUT2D eigenvalue weighted by Gasteiger charge is -2.31. The quantitative estimate of drug-likeness (QED) is 0.701. The molecule has 0 heterocycles. The number of nitrogens with zero attached hydrogens (tertiary/aromatic N) is 1. The van der Waals surface area contributed by atoms with Crippen LogP contribution < -0.4 is 0 Å². The van der Waals surface area contributed by atoms with Crippen molar-refractivity contribution in [3.05, 3.63) is 35.9 Å². The monoisotopic (exact) mass is 231 g/mol. The highest BCUT2D eigenvalue weighted by Crippen LogP contribution is 2.27. The highest BCUT2D eigenvalue weighted by atomic mass is 16.1. The zero-order valence-corrected chi connectivity index (χ0v) is 10.6. The second-order valence-corrected chi connectivity index (χ2v) is 4.91. The number of likely N-dealkylation sites (N-methyl/N-ethyl adjacent to an activating group) is 1. The van der Waals surface area contributed by atoms with E-state index in [1.807, 2.05) is 30.3 Å². The molecule has 1 aliphatic carbocycles. The van der Waals surface area contributed by atoms with Gasteiger partial charge >= 0.3 is 0 Å². The average molecular weight is 231 g/mol.